The zero-order valence-electron chi connectivity index (χ0n) is 26.2. The molecule has 0 aromatic heterocycles. The molecule has 0 radical (unpaired) electrons. The molecule has 6 rings (SSSR count). The van der Waals surface area contributed by atoms with Crippen molar-refractivity contribution < 1.29 is 4.74 Å². The van der Waals surface area contributed by atoms with Gasteiger partial charge in [-0.2, -0.15) is 0 Å². The molecule has 0 N–H and O–H groups in total. The Morgan fingerprint density at radius 1 is 1.05 bits per heavy atom. The van der Waals surface area contributed by atoms with Crippen molar-refractivity contribution in [3.63, 3.8) is 0 Å². The molecule has 3 unspecified atom stereocenters. The lowest BCUT2D eigenvalue weighted by atomic mass is 9.52. The molecule has 4 aliphatic carbocycles. The molecule has 5 fully saturated rings. The predicted molar refractivity (Wildman–Crippen MR) is 160 cm³/mol. The first kappa shape index (κ1) is 27.8. The first-order valence-electron chi connectivity index (χ1n) is 17.3. The van der Waals surface area contributed by atoms with Crippen molar-refractivity contribution in [2.75, 3.05) is 13.1 Å². The highest BCUT2D eigenvalue weighted by molar-refractivity contribution is 5.29. The minimum atomic E-state index is 0.110. The smallest absolute Gasteiger partial charge is 0.0752 e. The molecule has 0 bridgehead atoms. The van der Waals surface area contributed by atoms with Crippen molar-refractivity contribution in [3.8, 4) is 0 Å². The molecule has 0 amide bonds. The van der Waals surface area contributed by atoms with E-state index < -0.39 is 0 Å². The van der Waals surface area contributed by atoms with Crippen molar-refractivity contribution in [1.29, 1.82) is 0 Å². The van der Waals surface area contributed by atoms with Crippen LogP contribution >= 0.6 is 0 Å². The summed E-state index contributed by atoms with van der Waals surface area (Å²) in [5.41, 5.74) is 4.37. The van der Waals surface area contributed by atoms with Gasteiger partial charge in [0, 0.05) is 12.6 Å². The summed E-state index contributed by atoms with van der Waals surface area (Å²) < 4.78 is 7.18. The molecule has 6 aliphatic rings. The van der Waals surface area contributed by atoms with Crippen LogP contribution in [0, 0.1) is 52.8 Å². The maximum absolute atomic E-state index is 7.18. The molecule has 2 heteroatoms. The Kier molecular flexibility index (Phi) is 7.68. The van der Waals surface area contributed by atoms with Crippen LogP contribution in [-0.2, 0) is 4.74 Å². The maximum atomic E-state index is 7.18. The van der Waals surface area contributed by atoms with Crippen molar-refractivity contribution in [2.24, 2.45) is 52.8 Å². The van der Waals surface area contributed by atoms with Crippen molar-refractivity contribution in [3.05, 3.63) is 11.1 Å². The molecule has 2 saturated heterocycles. The van der Waals surface area contributed by atoms with Crippen LogP contribution in [0.3, 0.4) is 0 Å². The molecule has 1 spiro atoms. The second kappa shape index (κ2) is 10.5. The van der Waals surface area contributed by atoms with Gasteiger partial charge in [-0.25, -0.2) is 0 Å². The number of hydrogen-bond acceptors (Lipinski definition) is 2. The van der Waals surface area contributed by atoms with E-state index in [0.29, 0.717) is 23.4 Å². The average molecular weight is 524 g/mol. The fourth-order valence-electron chi connectivity index (χ4n) is 11.4. The highest BCUT2D eigenvalue weighted by atomic mass is 16.5. The van der Waals surface area contributed by atoms with E-state index in [1.54, 1.807) is 5.57 Å². The quantitative estimate of drug-likeness (QED) is 0.340. The number of rotatable bonds is 4. The number of nitrogens with zero attached hydrogens (tertiary/aromatic N) is 1. The lowest BCUT2D eigenvalue weighted by Gasteiger charge is -2.56. The van der Waals surface area contributed by atoms with E-state index in [-0.39, 0.29) is 5.60 Å². The van der Waals surface area contributed by atoms with Gasteiger partial charge >= 0.3 is 0 Å². The molecule has 3 saturated carbocycles. The first-order chi connectivity index (χ1) is 18.1. The Morgan fingerprint density at radius 3 is 2.63 bits per heavy atom. The van der Waals surface area contributed by atoms with Gasteiger partial charge in [0.25, 0.3) is 0 Å². The molecule has 2 heterocycles. The minimum absolute atomic E-state index is 0.110. The second-order valence-electron chi connectivity index (χ2n) is 16.2. The van der Waals surface area contributed by atoms with Gasteiger partial charge in [-0.1, -0.05) is 59.1 Å². The maximum Gasteiger partial charge on any atom is 0.0752 e. The number of piperidine rings is 1. The highest BCUT2D eigenvalue weighted by Crippen LogP contribution is 2.65. The highest BCUT2D eigenvalue weighted by Gasteiger charge is 2.58. The normalized spacial score (nSPS) is 50.4. The van der Waals surface area contributed by atoms with E-state index in [1.807, 2.05) is 5.57 Å². The van der Waals surface area contributed by atoms with Crippen molar-refractivity contribution >= 4 is 0 Å². The number of likely N-dealkylation sites (tertiary alicyclic amines) is 1. The number of allylic oxidation sites excluding steroid dienone is 1. The van der Waals surface area contributed by atoms with E-state index in [1.165, 1.54) is 96.6 Å². The predicted octanol–water partition coefficient (Wildman–Crippen LogP) is 9.29. The Balaban J connectivity index is 1.18. The first-order valence-corrected chi connectivity index (χ1v) is 17.3. The molecule has 0 aromatic rings. The van der Waals surface area contributed by atoms with E-state index in [4.69, 9.17) is 4.74 Å². The van der Waals surface area contributed by atoms with Gasteiger partial charge < -0.3 is 9.64 Å². The summed E-state index contributed by atoms with van der Waals surface area (Å²) in [5, 5.41) is 0. The second-order valence-corrected chi connectivity index (χ2v) is 16.2. The molecule has 38 heavy (non-hydrogen) atoms. The molecule has 2 nitrogen and oxygen atoms in total. The molecule has 12 atom stereocenters. The van der Waals surface area contributed by atoms with Gasteiger partial charge in [0.2, 0.25) is 0 Å². The lowest BCUT2D eigenvalue weighted by molar-refractivity contribution is -0.0763. The summed E-state index contributed by atoms with van der Waals surface area (Å²) in [6, 6.07) is 0.881. The summed E-state index contributed by atoms with van der Waals surface area (Å²) >= 11 is 0. The summed E-state index contributed by atoms with van der Waals surface area (Å²) in [5.74, 6) is 6.79. The molecule has 0 aromatic carbocycles. The van der Waals surface area contributed by atoms with Crippen molar-refractivity contribution in [1.82, 2.24) is 4.90 Å². The Morgan fingerprint density at radius 2 is 1.87 bits per heavy atom. The van der Waals surface area contributed by atoms with Gasteiger partial charge in [-0.15, -0.1) is 0 Å². The lowest BCUT2D eigenvalue weighted by Crippen LogP contribution is -2.52. The van der Waals surface area contributed by atoms with Crippen LogP contribution in [0.25, 0.3) is 0 Å². The summed E-state index contributed by atoms with van der Waals surface area (Å²) in [4.78, 5) is 2.92. The largest absolute Gasteiger partial charge is 0.371 e. The zero-order valence-corrected chi connectivity index (χ0v) is 26.2. The fourth-order valence-corrected chi connectivity index (χ4v) is 11.4. The van der Waals surface area contributed by atoms with E-state index in [2.05, 4.69) is 53.4 Å². The fraction of sp³-hybridized carbons (Fsp3) is 0.944. The average Bonchev–Trinajstić information content (AvgIpc) is 3.34. The molecular weight excluding hydrogens is 462 g/mol. The van der Waals surface area contributed by atoms with Gasteiger partial charge in [-0.05, 0) is 143 Å². The van der Waals surface area contributed by atoms with Crippen LogP contribution in [0.15, 0.2) is 11.1 Å². The standard InChI is InChI=1S/C36H61NO/c1-8-23(2)18-34-26(5)27(6)36(38-34)16-14-30-31-12-11-28-19-29(37-17-9-10-24(3)22-37)13-15-35(28,7)33(31)20-32(30)25(4)21-36/h23-24,26-31,33-34H,8-22H2,1-7H3/t23-,24?,26+,27-,28?,29?,30+,31+,33+,34-,35+,36+/m1/s1. The third-order valence-electron chi connectivity index (χ3n) is 14.2. The van der Waals surface area contributed by atoms with Crippen molar-refractivity contribution in [2.45, 2.75) is 150 Å². The molecule has 2 aliphatic heterocycles. The number of ether oxygens (including phenoxy) is 1. The van der Waals surface area contributed by atoms with Crippen LogP contribution in [0.4, 0.5) is 0 Å². The van der Waals surface area contributed by atoms with E-state index in [9.17, 15) is 0 Å². The van der Waals surface area contributed by atoms with Crippen LogP contribution in [0.2, 0.25) is 0 Å². The third-order valence-corrected chi connectivity index (χ3v) is 14.2. The van der Waals surface area contributed by atoms with Crippen LogP contribution < -0.4 is 0 Å². The van der Waals surface area contributed by atoms with Gasteiger partial charge in [0.15, 0.2) is 0 Å². The van der Waals surface area contributed by atoms with E-state index >= 15 is 0 Å². The topological polar surface area (TPSA) is 12.5 Å². The van der Waals surface area contributed by atoms with Crippen LogP contribution in [-0.4, -0.2) is 35.7 Å². The zero-order chi connectivity index (χ0) is 26.8. The summed E-state index contributed by atoms with van der Waals surface area (Å²) in [6.07, 6.45) is 18.7. The summed E-state index contributed by atoms with van der Waals surface area (Å²) in [6.45, 7) is 20.3. The Bertz CT molecular complexity index is 894. The molecular formula is C36H61NO. The number of fused-ring (bicyclic) bond motifs is 5. The minimum Gasteiger partial charge on any atom is -0.371 e. The summed E-state index contributed by atoms with van der Waals surface area (Å²) in [7, 11) is 0. The van der Waals surface area contributed by atoms with Gasteiger partial charge in [0.1, 0.15) is 0 Å². The van der Waals surface area contributed by atoms with Gasteiger partial charge in [0.05, 0.1) is 11.7 Å². The van der Waals surface area contributed by atoms with E-state index in [0.717, 1.165) is 41.5 Å². The Labute approximate surface area is 236 Å². The SMILES string of the molecule is CC[C@@H](C)C[C@H]1O[C@]2(CC[C@@H]3C(=C(C)C2)C[C@H]2[C@H]3CCC3CC(N4CCCC(C)C4)CC[C@@]32C)[C@H](C)[C@@H]1C. The van der Waals surface area contributed by atoms with Gasteiger partial charge in [-0.3, -0.25) is 0 Å². The van der Waals surface area contributed by atoms with Crippen LogP contribution in [0.5, 0.6) is 0 Å². The third kappa shape index (κ3) is 4.59. The Hall–Kier alpha value is -0.340. The molecule has 216 valence electrons. The monoisotopic (exact) mass is 523 g/mol. The number of hydrogen-bond donors (Lipinski definition) is 0. The van der Waals surface area contributed by atoms with Crippen LogP contribution in [0.1, 0.15) is 132 Å².